The molecule has 4 aliphatic carbocycles. The Morgan fingerprint density at radius 2 is 2.00 bits per heavy atom. The van der Waals surface area contributed by atoms with E-state index in [1.165, 1.54) is 0 Å². The van der Waals surface area contributed by atoms with E-state index in [4.69, 9.17) is 4.74 Å². The maximum atomic E-state index is 11.5. The average Bonchev–Trinajstić information content (AvgIpc) is 2.62. The molecule has 0 saturated heterocycles. The van der Waals surface area contributed by atoms with Crippen molar-refractivity contribution in [3.8, 4) is 0 Å². The number of rotatable bonds is 4. The Bertz CT molecular complexity index is 543. The van der Waals surface area contributed by atoms with Crippen molar-refractivity contribution in [2.24, 2.45) is 16.7 Å². The van der Waals surface area contributed by atoms with Gasteiger partial charge >= 0.3 is 5.97 Å². The minimum absolute atomic E-state index is 0.0433. The van der Waals surface area contributed by atoms with Crippen molar-refractivity contribution in [2.45, 2.75) is 63.1 Å². The first-order valence-electron chi connectivity index (χ1n) is 7.99. The predicted octanol–water partition coefficient (Wildman–Crippen LogP) is 1.94. The molecule has 1 spiro atoms. The molecule has 0 heterocycles. The van der Waals surface area contributed by atoms with Gasteiger partial charge in [0.25, 0.3) is 0 Å². The Labute approximate surface area is 125 Å². The minimum atomic E-state index is -0.698. The van der Waals surface area contributed by atoms with Gasteiger partial charge in [-0.05, 0) is 56.8 Å². The minimum Gasteiger partial charge on any atom is -0.462 e. The Morgan fingerprint density at radius 3 is 2.71 bits per heavy atom. The zero-order chi connectivity index (χ0) is 15.1. The van der Waals surface area contributed by atoms with Gasteiger partial charge < -0.3 is 14.9 Å². The zero-order valence-corrected chi connectivity index (χ0v) is 12.7. The number of hydrogen-bond donors (Lipinski definition) is 2. The van der Waals surface area contributed by atoms with Gasteiger partial charge in [0.05, 0.1) is 17.8 Å². The van der Waals surface area contributed by atoms with Gasteiger partial charge in [-0.25, -0.2) is 4.79 Å². The van der Waals surface area contributed by atoms with E-state index in [0.29, 0.717) is 24.5 Å². The molecule has 4 heteroatoms. The molecule has 116 valence electrons. The Hall–Kier alpha value is -0.870. The molecule has 3 bridgehead atoms. The highest BCUT2D eigenvalue weighted by molar-refractivity contribution is 5.86. The number of esters is 1. The van der Waals surface area contributed by atoms with Crippen molar-refractivity contribution in [1.29, 1.82) is 0 Å². The van der Waals surface area contributed by atoms with E-state index in [1.54, 1.807) is 6.92 Å². The van der Waals surface area contributed by atoms with Crippen molar-refractivity contribution >= 4 is 5.97 Å². The van der Waals surface area contributed by atoms with Crippen molar-refractivity contribution in [1.82, 2.24) is 0 Å². The van der Waals surface area contributed by atoms with Crippen molar-refractivity contribution in [3.63, 3.8) is 0 Å². The van der Waals surface area contributed by atoms with Crippen LogP contribution in [0.25, 0.3) is 0 Å². The van der Waals surface area contributed by atoms with E-state index in [2.05, 4.69) is 6.58 Å². The summed E-state index contributed by atoms with van der Waals surface area (Å²) in [6.07, 6.45) is 5.78. The largest absolute Gasteiger partial charge is 0.462 e. The van der Waals surface area contributed by atoms with Crippen LogP contribution in [0.4, 0.5) is 0 Å². The fourth-order valence-corrected chi connectivity index (χ4v) is 6.43. The maximum Gasteiger partial charge on any atom is 0.333 e. The summed E-state index contributed by atoms with van der Waals surface area (Å²) in [5.74, 6) is 0.218. The van der Waals surface area contributed by atoms with Gasteiger partial charge in [-0.3, -0.25) is 0 Å². The fourth-order valence-electron chi connectivity index (χ4n) is 6.43. The molecule has 4 rings (SSSR count). The summed E-state index contributed by atoms with van der Waals surface area (Å²) in [5.41, 5.74) is -0.892. The molecular weight excluding hydrogens is 268 g/mol. The van der Waals surface area contributed by atoms with Gasteiger partial charge in [0, 0.05) is 17.4 Å². The second-order valence-corrected chi connectivity index (χ2v) is 8.39. The number of carbonyl (C=O) groups is 1. The lowest BCUT2D eigenvalue weighted by Crippen LogP contribution is -2.57. The molecule has 5 atom stereocenters. The number of fused-ring (bicyclic) bond motifs is 2. The SMILES string of the molecule is C=C(C)C(=O)OCCC12CC3CC4(O)CC(O)(C1)CC34C2. The van der Waals surface area contributed by atoms with Crippen LogP contribution in [0, 0.1) is 16.7 Å². The second kappa shape index (κ2) is 3.72. The van der Waals surface area contributed by atoms with Crippen LogP contribution in [0.1, 0.15) is 51.9 Å². The molecule has 21 heavy (non-hydrogen) atoms. The molecule has 0 aromatic heterocycles. The lowest BCUT2D eigenvalue weighted by atomic mass is 9.52. The first kappa shape index (κ1) is 13.8. The third kappa shape index (κ3) is 1.61. The Kier molecular flexibility index (Phi) is 2.44. The maximum absolute atomic E-state index is 11.5. The van der Waals surface area contributed by atoms with Crippen LogP contribution in [-0.4, -0.2) is 34.0 Å². The first-order chi connectivity index (χ1) is 9.72. The summed E-state index contributed by atoms with van der Waals surface area (Å²) in [7, 11) is 0. The third-order valence-corrected chi connectivity index (χ3v) is 6.85. The number of ether oxygens (including phenoxy) is 1. The smallest absolute Gasteiger partial charge is 0.333 e. The second-order valence-electron chi connectivity index (χ2n) is 8.39. The number of aliphatic hydroxyl groups is 2. The molecule has 0 radical (unpaired) electrons. The van der Waals surface area contributed by atoms with Gasteiger partial charge in [-0.15, -0.1) is 0 Å². The Balaban J connectivity index is 1.50. The van der Waals surface area contributed by atoms with Crippen LogP contribution < -0.4 is 0 Å². The molecule has 0 aromatic rings. The molecule has 2 N–H and O–H groups in total. The van der Waals surface area contributed by atoms with E-state index in [-0.39, 0.29) is 16.8 Å². The van der Waals surface area contributed by atoms with Crippen molar-refractivity contribution in [3.05, 3.63) is 12.2 Å². The monoisotopic (exact) mass is 292 g/mol. The molecule has 5 unspecified atom stereocenters. The summed E-state index contributed by atoms with van der Waals surface area (Å²) in [5, 5.41) is 21.7. The van der Waals surface area contributed by atoms with E-state index in [0.717, 1.165) is 38.5 Å². The van der Waals surface area contributed by atoms with Gasteiger partial charge in [0.1, 0.15) is 0 Å². The predicted molar refractivity (Wildman–Crippen MR) is 76.3 cm³/mol. The van der Waals surface area contributed by atoms with Gasteiger partial charge in [0.2, 0.25) is 0 Å². The summed E-state index contributed by atoms with van der Waals surface area (Å²) < 4.78 is 5.26. The van der Waals surface area contributed by atoms with E-state index < -0.39 is 11.2 Å². The van der Waals surface area contributed by atoms with Crippen LogP contribution in [0.5, 0.6) is 0 Å². The van der Waals surface area contributed by atoms with E-state index in [9.17, 15) is 15.0 Å². The number of hydrogen-bond acceptors (Lipinski definition) is 4. The lowest BCUT2D eigenvalue weighted by Gasteiger charge is -2.55. The highest BCUT2D eigenvalue weighted by Crippen LogP contribution is 2.81. The van der Waals surface area contributed by atoms with Crippen LogP contribution in [0.3, 0.4) is 0 Å². The molecule has 0 aliphatic heterocycles. The summed E-state index contributed by atoms with van der Waals surface area (Å²) in [6.45, 7) is 5.63. The molecule has 4 aliphatic rings. The molecule has 4 saturated carbocycles. The van der Waals surface area contributed by atoms with E-state index in [1.807, 2.05) is 0 Å². The summed E-state index contributed by atoms with van der Waals surface area (Å²) in [4.78, 5) is 11.5. The molecule has 0 amide bonds. The fraction of sp³-hybridized carbons (Fsp3) is 0.824. The molecule has 4 nitrogen and oxygen atoms in total. The molecule has 4 fully saturated rings. The van der Waals surface area contributed by atoms with Crippen LogP contribution in [-0.2, 0) is 9.53 Å². The summed E-state index contributed by atoms with van der Waals surface area (Å²) >= 11 is 0. The van der Waals surface area contributed by atoms with Crippen LogP contribution in [0.15, 0.2) is 12.2 Å². The van der Waals surface area contributed by atoms with Crippen molar-refractivity contribution in [2.75, 3.05) is 6.61 Å². The average molecular weight is 292 g/mol. The first-order valence-corrected chi connectivity index (χ1v) is 7.99. The quantitative estimate of drug-likeness (QED) is 0.614. The van der Waals surface area contributed by atoms with Crippen molar-refractivity contribution < 1.29 is 19.7 Å². The summed E-state index contributed by atoms with van der Waals surface area (Å²) in [6, 6.07) is 0. The van der Waals surface area contributed by atoms with Gasteiger partial charge in [0.15, 0.2) is 0 Å². The Morgan fingerprint density at radius 1 is 1.24 bits per heavy atom. The normalized spacial score (nSPS) is 52.4. The van der Waals surface area contributed by atoms with Gasteiger partial charge in [-0.1, -0.05) is 6.58 Å². The van der Waals surface area contributed by atoms with E-state index >= 15 is 0 Å². The highest BCUT2D eigenvalue weighted by atomic mass is 16.5. The standard InChI is InChI=1S/C17H24O4/c1-11(2)13(18)21-4-3-14-5-12-6-17(20)10-15(19,7-14)9-16(12,17)8-14/h12,19-20H,1,3-10H2,2H3. The number of carbonyl (C=O) groups excluding carboxylic acids is 1. The lowest BCUT2D eigenvalue weighted by molar-refractivity contribution is -0.177. The topological polar surface area (TPSA) is 66.8 Å². The van der Waals surface area contributed by atoms with Gasteiger partial charge in [-0.2, -0.15) is 0 Å². The zero-order valence-electron chi connectivity index (χ0n) is 12.7. The molecule has 0 aromatic carbocycles. The molecular formula is C17H24O4. The third-order valence-electron chi connectivity index (χ3n) is 6.85. The van der Waals surface area contributed by atoms with Crippen LogP contribution >= 0.6 is 0 Å². The van der Waals surface area contributed by atoms with Crippen LogP contribution in [0.2, 0.25) is 0 Å². The highest BCUT2D eigenvalue weighted by Gasteiger charge is 2.80.